The minimum absolute atomic E-state index is 0.277. The van der Waals surface area contributed by atoms with E-state index in [1.54, 1.807) is 0 Å². The quantitative estimate of drug-likeness (QED) is 0.726. The standard InChI is InChI=1S/C16H31N3O2S/c1-14-12-18(13-15(2)21-14)5-4-16(20)19-8-6-17(7-9-19)10-11-22-3/h14-15H,4-13H2,1-3H3/t14-,15+. The van der Waals surface area contributed by atoms with Crippen LogP contribution in [0.25, 0.3) is 0 Å². The second-order valence-corrected chi connectivity index (χ2v) is 7.47. The number of carbonyl (C=O) groups is 1. The third-order valence-electron chi connectivity index (χ3n) is 4.47. The van der Waals surface area contributed by atoms with Crippen molar-refractivity contribution in [3.8, 4) is 0 Å². The van der Waals surface area contributed by atoms with Crippen LogP contribution in [0, 0.1) is 0 Å². The molecule has 0 bridgehead atoms. The van der Waals surface area contributed by atoms with Crippen LogP contribution >= 0.6 is 11.8 Å². The molecule has 2 aliphatic rings. The number of piperazine rings is 1. The molecule has 1 amide bonds. The molecule has 2 saturated heterocycles. The Kier molecular flexibility index (Phi) is 7.47. The van der Waals surface area contributed by atoms with Crippen molar-refractivity contribution in [2.45, 2.75) is 32.5 Å². The Bertz CT molecular complexity index is 338. The number of hydrogen-bond acceptors (Lipinski definition) is 5. The molecule has 0 aromatic carbocycles. The molecule has 0 aromatic heterocycles. The summed E-state index contributed by atoms with van der Waals surface area (Å²) in [4.78, 5) is 19.2. The topological polar surface area (TPSA) is 36.0 Å². The number of morpholine rings is 1. The van der Waals surface area contributed by atoms with Gasteiger partial charge in [-0.2, -0.15) is 11.8 Å². The maximum atomic E-state index is 12.4. The second-order valence-electron chi connectivity index (χ2n) is 6.48. The van der Waals surface area contributed by atoms with Gasteiger partial charge in [0, 0.05) is 64.5 Å². The van der Waals surface area contributed by atoms with Crippen LogP contribution in [0.5, 0.6) is 0 Å². The van der Waals surface area contributed by atoms with Crippen LogP contribution in [0.2, 0.25) is 0 Å². The molecule has 0 radical (unpaired) electrons. The molecular weight excluding hydrogens is 298 g/mol. The Morgan fingerprint density at radius 3 is 2.27 bits per heavy atom. The lowest BCUT2D eigenvalue weighted by Crippen LogP contribution is -2.50. The van der Waals surface area contributed by atoms with Crippen molar-refractivity contribution >= 4 is 17.7 Å². The van der Waals surface area contributed by atoms with Gasteiger partial charge in [0.25, 0.3) is 0 Å². The minimum Gasteiger partial charge on any atom is -0.373 e. The summed E-state index contributed by atoms with van der Waals surface area (Å²) >= 11 is 1.89. The van der Waals surface area contributed by atoms with E-state index in [-0.39, 0.29) is 12.2 Å². The summed E-state index contributed by atoms with van der Waals surface area (Å²) < 4.78 is 5.74. The molecule has 128 valence electrons. The Hall–Kier alpha value is -0.300. The van der Waals surface area contributed by atoms with Crippen LogP contribution in [0.15, 0.2) is 0 Å². The molecule has 2 rings (SSSR count). The first-order valence-electron chi connectivity index (χ1n) is 8.45. The van der Waals surface area contributed by atoms with Crippen molar-refractivity contribution in [3.63, 3.8) is 0 Å². The first kappa shape index (κ1) is 18.0. The lowest BCUT2D eigenvalue weighted by atomic mass is 10.2. The molecule has 22 heavy (non-hydrogen) atoms. The average Bonchev–Trinajstić information content (AvgIpc) is 2.50. The first-order valence-corrected chi connectivity index (χ1v) is 9.84. The van der Waals surface area contributed by atoms with E-state index in [0.717, 1.165) is 52.4 Å². The Morgan fingerprint density at radius 1 is 1.05 bits per heavy atom. The summed E-state index contributed by atoms with van der Waals surface area (Å²) in [5, 5.41) is 0. The molecule has 5 nitrogen and oxygen atoms in total. The summed E-state index contributed by atoms with van der Waals surface area (Å²) in [5.74, 6) is 1.50. The van der Waals surface area contributed by atoms with E-state index in [0.29, 0.717) is 12.3 Å². The molecule has 2 atom stereocenters. The van der Waals surface area contributed by atoms with Crippen LogP contribution in [0.1, 0.15) is 20.3 Å². The SMILES string of the molecule is CSCCN1CCN(C(=O)CCN2C[C@@H](C)O[C@@H](C)C2)CC1. The third kappa shape index (κ3) is 5.72. The number of ether oxygens (including phenoxy) is 1. The summed E-state index contributed by atoms with van der Waals surface area (Å²) in [6.45, 7) is 12.0. The van der Waals surface area contributed by atoms with E-state index in [1.807, 2.05) is 16.7 Å². The van der Waals surface area contributed by atoms with Crippen molar-refractivity contribution in [1.82, 2.24) is 14.7 Å². The molecule has 2 aliphatic heterocycles. The second kappa shape index (κ2) is 9.11. The zero-order valence-electron chi connectivity index (χ0n) is 14.3. The largest absolute Gasteiger partial charge is 0.373 e. The minimum atomic E-state index is 0.277. The molecule has 0 unspecified atom stereocenters. The van der Waals surface area contributed by atoms with E-state index in [2.05, 4.69) is 29.9 Å². The van der Waals surface area contributed by atoms with Gasteiger partial charge in [0.05, 0.1) is 12.2 Å². The fourth-order valence-corrected chi connectivity index (χ4v) is 3.76. The van der Waals surface area contributed by atoms with Crippen LogP contribution in [-0.2, 0) is 9.53 Å². The van der Waals surface area contributed by atoms with Crippen molar-refractivity contribution in [2.24, 2.45) is 0 Å². The number of nitrogens with zero attached hydrogens (tertiary/aromatic N) is 3. The zero-order valence-corrected chi connectivity index (χ0v) is 15.1. The first-order chi connectivity index (χ1) is 10.6. The molecule has 0 aliphatic carbocycles. The van der Waals surface area contributed by atoms with Crippen molar-refractivity contribution < 1.29 is 9.53 Å². The summed E-state index contributed by atoms with van der Waals surface area (Å²) in [6, 6.07) is 0. The molecular formula is C16H31N3O2S. The molecule has 0 N–H and O–H groups in total. The number of rotatable bonds is 6. The van der Waals surface area contributed by atoms with Gasteiger partial charge in [-0.3, -0.25) is 14.6 Å². The average molecular weight is 330 g/mol. The molecule has 6 heteroatoms. The molecule has 0 aromatic rings. The number of carbonyl (C=O) groups excluding carboxylic acids is 1. The van der Waals surface area contributed by atoms with E-state index in [4.69, 9.17) is 4.74 Å². The summed E-state index contributed by atoms with van der Waals surface area (Å²) in [5.41, 5.74) is 0. The van der Waals surface area contributed by atoms with Gasteiger partial charge < -0.3 is 9.64 Å². The lowest BCUT2D eigenvalue weighted by Gasteiger charge is -2.37. The molecule has 2 heterocycles. The highest BCUT2D eigenvalue weighted by molar-refractivity contribution is 7.98. The third-order valence-corrected chi connectivity index (χ3v) is 5.06. The van der Waals surface area contributed by atoms with Gasteiger partial charge >= 0.3 is 0 Å². The highest BCUT2D eigenvalue weighted by Gasteiger charge is 2.24. The Balaban J connectivity index is 1.65. The molecule has 0 saturated carbocycles. The van der Waals surface area contributed by atoms with Crippen LogP contribution in [0.4, 0.5) is 0 Å². The monoisotopic (exact) mass is 329 g/mol. The fraction of sp³-hybridized carbons (Fsp3) is 0.938. The van der Waals surface area contributed by atoms with E-state index < -0.39 is 0 Å². The van der Waals surface area contributed by atoms with Crippen molar-refractivity contribution in [3.05, 3.63) is 0 Å². The Morgan fingerprint density at radius 2 is 1.68 bits per heavy atom. The normalized spacial score (nSPS) is 28.0. The fourth-order valence-electron chi connectivity index (χ4n) is 3.32. The summed E-state index contributed by atoms with van der Waals surface area (Å²) in [6.07, 6.45) is 3.34. The zero-order chi connectivity index (χ0) is 15.9. The van der Waals surface area contributed by atoms with Gasteiger partial charge in [-0.05, 0) is 20.1 Å². The van der Waals surface area contributed by atoms with Gasteiger partial charge in [0.15, 0.2) is 0 Å². The predicted octanol–water partition coefficient (Wildman–Crippen LogP) is 0.993. The van der Waals surface area contributed by atoms with Gasteiger partial charge in [-0.1, -0.05) is 0 Å². The van der Waals surface area contributed by atoms with Crippen molar-refractivity contribution in [2.75, 3.05) is 64.4 Å². The van der Waals surface area contributed by atoms with E-state index in [9.17, 15) is 4.79 Å². The van der Waals surface area contributed by atoms with E-state index in [1.165, 1.54) is 5.75 Å². The lowest BCUT2D eigenvalue weighted by molar-refractivity contribution is -0.134. The van der Waals surface area contributed by atoms with Gasteiger partial charge in [0.1, 0.15) is 0 Å². The number of thioether (sulfide) groups is 1. The van der Waals surface area contributed by atoms with Gasteiger partial charge in [0.2, 0.25) is 5.91 Å². The highest BCUT2D eigenvalue weighted by Crippen LogP contribution is 2.12. The van der Waals surface area contributed by atoms with Gasteiger partial charge in [-0.25, -0.2) is 0 Å². The molecule has 0 spiro atoms. The van der Waals surface area contributed by atoms with Crippen LogP contribution in [-0.4, -0.2) is 97.2 Å². The smallest absolute Gasteiger partial charge is 0.223 e. The summed E-state index contributed by atoms with van der Waals surface area (Å²) in [7, 11) is 0. The number of amides is 1. The van der Waals surface area contributed by atoms with E-state index >= 15 is 0 Å². The Labute approximate surface area is 139 Å². The van der Waals surface area contributed by atoms with Gasteiger partial charge in [-0.15, -0.1) is 0 Å². The van der Waals surface area contributed by atoms with Crippen LogP contribution < -0.4 is 0 Å². The predicted molar refractivity (Wildman–Crippen MR) is 92.5 cm³/mol. The van der Waals surface area contributed by atoms with Crippen molar-refractivity contribution in [1.29, 1.82) is 0 Å². The maximum Gasteiger partial charge on any atom is 0.223 e. The maximum absolute atomic E-state index is 12.4. The van der Waals surface area contributed by atoms with Crippen LogP contribution in [0.3, 0.4) is 0 Å². The molecule has 2 fully saturated rings. The highest BCUT2D eigenvalue weighted by atomic mass is 32.2. The number of hydrogen-bond donors (Lipinski definition) is 0.